The quantitative estimate of drug-likeness (QED) is 0.207. The fourth-order valence-electron chi connectivity index (χ4n) is 3.59. The Morgan fingerprint density at radius 1 is 1.14 bits per heavy atom. The average molecular weight is 568 g/mol. The second-order valence-corrected chi connectivity index (χ2v) is 11.8. The molecule has 0 spiro atoms. The number of fused-ring (bicyclic) bond motifs is 1. The van der Waals surface area contributed by atoms with E-state index in [1.54, 1.807) is 13.8 Å². The summed E-state index contributed by atoms with van der Waals surface area (Å²) in [5, 5.41) is 7.27. The molecule has 0 unspecified atom stereocenters. The molecule has 4 aromatic heterocycles. The maximum Gasteiger partial charge on any atom is 0.308 e. The third-order valence-electron chi connectivity index (χ3n) is 5.63. The first-order valence-corrected chi connectivity index (χ1v) is 14.0. The number of nitrogens with zero attached hydrogens (tertiary/aromatic N) is 7. The molecule has 0 aliphatic rings. The Bertz CT molecular complexity index is 1520. The van der Waals surface area contributed by atoms with E-state index in [1.165, 1.54) is 52.0 Å². The van der Waals surface area contributed by atoms with Gasteiger partial charge in [0.15, 0.2) is 10.6 Å². The normalized spacial score (nSPS) is 12.1. The van der Waals surface area contributed by atoms with E-state index in [4.69, 9.17) is 11.6 Å². The maximum atomic E-state index is 13.9. The third-order valence-corrected chi connectivity index (χ3v) is 8.67. The first-order chi connectivity index (χ1) is 17.6. The Labute approximate surface area is 223 Å². The summed E-state index contributed by atoms with van der Waals surface area (Å²) < 4.78 is 41.8. The molecule has 0 atom stereocenters. The smallest absolute Gasteiger partial charge is 0.308 e. The van der Waals surface area contributed by atoms with Gasteiger partial charge in [-0.3, -0.25) is 4.98 Å². The molecule has 15 heteroatoms. The van der Waals surface area contributed by atoms with Crippen LogP contribution in [-0.2, 0) is 29.6 Å². The van der Waals surface area contributed by atoms with Crippen LogP contribution < -0.4 is 10.6 Å². The SMILES string of the molecule is Cc1nc(CCNCCc2nc3c(NCc4ncccc4F)nc(Cl)nc3s2)n(S(=O)(=O)N(C)C)c1C. The summed E-state index contributed by atoms with van der Waals surface area (Å²) in [5.41, 5.74) is 2.11. The molecule has 4 rings (SSSR count). The minimum absolute atomic E-state index is 0.0681. The lowest BCUT2D eigenvalue weighted by molar-refractivity contribution is 0.506. The highest BCUT2D eigenvalue weighted by Gasteiger charge is 2.24. The van der Waals surface area contributed by atoms with Crippen LogP contribution in [0.5, 0.6) is 0 Å². The molecule has 0 amide bonds. The van der Waals surface area contributed by atoms with E-state index in [9.17, 15) is 12.8 Å². The fraction of sp³-hybridized carbons (Fsp3) is 0.409. The van der Waals surface area contributed by atoms with E-state index in [0.29, 0.717) is 59.3 Å². The zero-order chi connectivity index (χ0) is 26.7. The van der Waals surface area contributed by atoms with Gasteiger partial charge < -0.3 is 10.6 Å². The summed E-state index contributed by atoms with van der Waals surface area (Å²) in [6.45, 7) is 4.83. The van der Waals surface area contributed by atoms with Crippen LogP contribution in [0.25, 0.3) is 10.3 Å². The van der Waals surface area contributed by atoms with E-state index in [1.807, 2.05) is 0 Å². The van der Waals surface area contributed by atoms with Gasteiger partial charge in [0.05, 0.1) is 28.6 Å². The van der Waals surface area contributed by atoms with Crippen molar-refractivity contribution in [1.29, 1.82) is 0 Å². The maximum absolute atomic E-state index is 13.9. The van der Waals surface area contributed by atoms with Crippen LogP contribution in [0.3, 0.4) is 0 Å². The van der Waals surface area contributed by atoms with Gasteiger partial charge in [-0.25, -0.2) is 23.3 Å². The predicted octanol–water partition coefficient (Wildman–Crippen LogP) is 2.73. The van der Waals surface area contributed by atoms with E-state index in [0.717, 1.165) is 5.01 Å². The van der Waals surface area contributed by atoms with Gasteiger partial charge in [0, 0.05) is 46.2 Å². The van der Waals surface area contributed by atoms with Gasteiger partial charge in [0.2, 0.25) is 5.28 Å². The topological polar surface area (TPSA) is 131 Å². The Balaban J connectivity index is 1.38. The van der Waals surface area contributed by atoms with Crippen molar-refractivity contribution >= 4 is 49.3 Å². The van der Waals surface area contributed by atoms with Crippen molar-refractivity contribution < 1.29 is 12.8 Å². The number of pyridine rings is 1. The Hall–Kier alpha value is -2.78. The summed E-state index contributed by atoms with van der Waals surface area (Å²) in [7, 11) is -0.655. The Kier molecular flexibility index (Phi) is 8.33. The summed E-state index contributed by atoms with van der Waals surface area (Å²) in [5.74, 6) is 0.486. The van der Waals surface area contributed by atoms with E-state index in [2.05, 4.69) is 35.6 Å². The molecular formula is C22H27ClFN9O2S2. The van der Waals surface area contributed by atoms with Crippen LogP contribution in [0.1, 0.15) is 27.9 Å². The lowest BCUT2D eigenvalue weighted by Crippen LogP contribution is -2.32. The summed E-state index contributed by atoms with van der Waals surface area (Å²) >= 11 is 7.49. The highest BCUT2D eigenvalue weighted by molar-refractivity contribution is 7.87. The summed E-state index contributed by atoms with van der Waals surface area (Å²) in [4.78, 5) is 22.2. The van der Waals surface area contributed by atoms with Gasteiger partial charge in [-0.2, -0.15) is 17.7 Å². The zero-order valence-electron chi connectivity index (χ0n) is 20.8. The first kappa shape index (κ1) is 27.3. The largest absolute Gasteiger partial charge is 0.362 e. The molecule has 198 valence electrons. The molecule has 0 fully saturated rings. The Morgan fingerprint density at radius 2 is 1.89 bits per heavy atom. The van der Waals surface area contributed by atoms with Gasteiger partial charge >= 0.3 is 10.2 Å². The van der Waals surface area contributed by atoms with Crippen molar-refractivity contribution in [3.8, 4) is 0 Å². The number of nitrogens with one attached hydrogen (secondary N) is 2. The molecule has 0 aliphatic heterocycles. The fourth-order valence-corrected chi connectivity index (χ4v) is 5.95. The standard InChI is InChI=1S/C22H27ClFN9O2S2/c1-13-14(2)33(37(34,35)32(3)4)17(28-13)7-10-25-11-8-18-29-19-20(30-22(23)31-21(19)36-18)27-12-16-15(24)6-5-9-26-16/h5-6,9,25H,7-8,10-12H2,1-4H3,(H,27,30,31). The number of halogens is 2. The number of imidazole rings is 1. The summed E-state index contributed by atoms with van der Waals surface area (Å²) in [6, 6.07) is 2.87. The van der Waals surface area contributed by atoms with Crippen molar-refractivity contribution in [2.75, 3.05) is 32.5 Å². The molecular weight excluding hydrogens is 541 g/mol. The van der Waals surface area contributed by atoms with Crippen LogP contribution in [0.4, 0.5) is 10.2 Å². The van der Waals surface area contributed by atoms with Crippen LogP contribution in [-0.4, -0.2) is 68.8 Å². The van der Waals surface area contributed by atoms with E-state index < -0.39 is 16.0 Å². The zero-order valence-corrected chi connectivity index (χ0v) is 23.2. The molecule has 11 nitrogen and oxygen atoms in total. The molecule has 0 saturated carbocycles. The highest BCUT2D eigenvalue weighted by atomic mass is 35.5. The van der Waals surface area contributed by atoms with Crippen molar-refractivity contribution in [1.82, 2.24) is 38.5 Å². The third kappa shape index (κ3) is 6.04. The lowest BCUT2D eigenvalue weighted by atomic mass is 10.3. The molecule has 0 aromatic carbocycles. The van der Waals surface area contributed by atoms with Gasteiger partial charge in [0.1, 0.15) is 17.2 Å². The molecule has 37 heavy (non-hydrogen) atoms. The monoisotopic (exact) mass is 567 g/mol. The second-order valence-electron chi connectivity index (χ2n) is 8.39. The molecule has 0 radical (unpaired) electrons. The van der Waals surface area contributed by atoms with Gasteiger partial charge in [-0.05, 0) is 37.6 Å². The second kappa shape index (κ2) is 11.3. The molecule has 0 saturated heterocycles. The van der Waals surface area contributed by atoms with Crippen LogP contribution >= 0.6 is 22.9 Å². The van der Waals surface area contributed by atoms with Crippen molar-refractivity contribution in [2.45, 2.75) is 33.2 Å². The number of thiazole rings is 1. The minimum atomic E-state index is -3.65. The average Bonchev–Trinajstić information content (AvgIpc) is 3.38. The number of aryl methyl sites for hydroxylation is 1. The molecule has 4 aromatic rings. The number of hydrogen-bond acceptors (Lipinski definition) is 10. The Morgan fingerprint density at radius 3 is 2.62 bits per heavy atom. The van der Waals surface area contributed by atoms with Gasteiger partial charge in [-0.1, -0.05) is 11.3 Å². The number of aromatic nitrogens is 6. The predicted molar refractivity (Wildman–Crippen MR) is 142 cm³/mol. The number of hydrogen-bond donors (Lipinski definition) is 2. The van der Waals surface area contributed by atoms with Gasteiger partial charge in [-0.15, -0.1) is 0 Å². The van der Waals surface area contributed by atoms with Crippen LogP contribution in [0.2, 0.25) is 5.28 Å². The van der Waals surface area contributed by atoms with Crippen molar-refractivity contribution in [3.63, 3.8) is 0 Å². The number of rotatable bonds is 11. The molecule has 4 heterocycles. The molecule has 0 bridgehead atoms. The van der Waals surface area contributed by atoms with Crippen molar-refractivity contribution in [3.05, 3.63) is 57.3 Å². The molecule has 2 N–H and O–H groups in total. The van der Waals surface area contributed by atoms with E-state index in [-0.39, 0.29) is 17.5 Å². The lowest BCUT2D eigenvalue weighted by Gasteiger charge is -2.16. The van der Waals surface area contributed by atoms with Crippen LogP contribution in [0, 0.1) is 19.7 Å². The first-order valence-electron chi connectivity index (χ1n) is 11.4. The number of anilines is 1. The summed E-state index contributed by atoms with van der Waals surface area (Å²) in [6.07, 6.45) is 2.59. The molecule has 0 aliphatic carbocycles. The highest BCUT2D eigenvalue weighted by Crippen LogP contribution is 2.27. The minimum Gasteiger partial charge on any atom is -0.362 e. The van der Waals surface area contributed by atoms with Crippen molar-refractivity contribution in [2.24, 2.45) is 0 Å². The van der Waals surface area contributed by atoms with Gasteiger partial charge in [0.25, 0.3) is 0 Å². The van der Waals surface area contributed by atoms with E-state index >= 15 is 0 Å². The van der Waals surface area contributed by atoms with Crippen LogP contribution in [0.15, 0.2) is 18.3 Å².